The highest BCUT2D eigenvalue weighted by molar-refractivity contribution is 7.79. The summed E-state index contributed by atoms with van der Waals surface area (Å²) in [6.45, 7) is 1.88. The Labute approximate surface area is 91.2 Å². The van der Waals surface area contributed by atoms with E-state index < -0.39 is 11.1 Å². The van der Waals surface area contributed by atoms with E-state index >= 15 is 0 Å². The second kappa shape index (κ2) is 8.31. The lowest BCUT2D eigenvalue weighted by molar-refractivity contribution is -0.123. The first-order valence-corrected chi connectivity index (χ1v) is 5.83. The number of allylic oxidation sites excluding steroid dienone is 2. The van der Waals surface area contributed by atoms with Crippen LogP contribution in [-0.2, 0) is 20.7 Å². The molecule has 1 amide bonds. The van der Waals surface area contributed by atoms with Crippen LogP contribution in [-0.4, -0.2) is 32.7 Å². The molecule has 86 valence electrons. The third-order valence-electron chi connectivity index (χ3n) is 1.55. The molecular weight excluding hydrogens is 218 g/mol. The van der Waals surface area contributed by atoms with Crippen LogP contribution in [0.4, 0.5) is 0 Å². The molecular formula is C9H15NO4S. The second-order valence-electron chi connectivity index (χ2n) is 2.84. The van der Waals surface area contributed by atoms with Gasteiger partial charge in [0.1, 0.15) is 0 Å². The normalized spacial score (nSPS) is 12.7. The van der Waals surface area contributed by atoms with E-state index in [9.17, 15) is 13.8 Å². The van der Waals surface area contributed by atoms with Crippen molar-refractivity contribution in [2.24, 2.45) is 0 Å². The Kier molecular flexibility index (Phi) is 7.75. The van der Waals surface area contributed by atoms with Gasteiger partial charge in [0.15, 0.2) is 16.9 Å². The molecule has 15 heavy (non-hydrogen) atoms. The van der Waals surface area contributed by atoms with Crippen molar-refractivity contribution in [2.75, 3.05) is 12.3 Å². The largest absolute Gasteiger partial charge is 0.355 e. The lowest BCUT2D eigenvalue weighted by Crippen LogP contribution is -2.27. The van der Waals surface area contributed by atoms with Crippen molar-refractivity contribution in [3.05, 3.63) is 12.2 Å². The van der Waals surface area contributed by atoms with Crippen molar-refractivity contribution in [3.63, 3.8) is 0 Å². The minimum Gasteiger partial charge on any atom is -0.355 e. The van der Waals surface area contributed by atoms with Gasteiger partial charge in [-0.2, -0.15) is 0 Å². The molecule has 6 heteroatoms. The number of carbonyl (C=O) groups is 2. The Morgan fingerprint density at radius 3 is 2.60 bits per heavy atom. The number of nitrogens with one attached hydrogen (secondary N) is 1. The maximum absolute atomic E-state index is 11.1. The summed E-state index contributed by atoms with van der Waals surface area (Å²) in [6, 6.07) is 0. The molecule has 0 aliphatic heterocycles. The maximum atomic E-state index is 11.1. The van der Waals surface area contributed by atoms with Gasteiger partial charge in [0.05, 0.1) is 5.75 Å². The molecule has 1 atom stereocenters. The van der Waals surface area contributed by atoms with E-state index in [1.54, 1.807) is 13.0 Å². The van der Waals surface area contributed by atoms with Crippen molar-refractivity contribution in [3.8, 4) is 0 Å². The van der Waals surface area contributed by atoms with Crippen LogP contribution < -0.4 is 5.32 Å². The van der Waals surface area contributed by atoms with Gasteiger partial charge in [-0.1, -0.05) is 6.08 Å². The highest BCUT2D eigenvalue weighted by Crippen LogP contribution is 1.92. The smallest absolute Gasteiger partial charge is 0.220 e. The van der Waals surface area contributed by atoms with Crippen LogP contribution >= 0.6 is 0 Å². The lowest BCUT2D eigenvalue weighted by atomic mass is 10.2. The zero-order valence-corrected chi connectivity index (χ0v) is 9.38. The first kappa shape index (κ1) is 14.0. The first-order valence-electron chi connectivity index (χ1n) is 4.56. The molecule has 1 unspecified atom stereocenters. The summed E-state index contributed by atoms with van der Waals surface area (Å²) in [5, 5.41) is 2.44. The molecule has 5 nitrogen and oxygen atoms in total. The Hall–Kier alpha value is -1.01. The van der Waals surface area contributed by atoms with Gasteiger partial charge in [-0.3, -0.25) is 9.59 Å². The Bertz CT molecular complexity index is 275. The predicted molar refractivity (Wildman–Crippen MR) is 57.7 cm³/mol. The Morgan fingerprint density at radius 2 is 2.07 bits per heavy atom. The standard InChI is InChI=1S/C9H15NO4S/c1-2-3-8(11)4-5-9(12)10-6-7-15(13)14/h2-3H,4-7H2,1H3,(H,10,12)(H,13,14)/b3-2+. The van der Waals surface area contributed by atoms with E-state index in [0.29, 0.717) is 0 Å². The van der Waals surface area contributed by atoms with Crippen molar-refractivity contribution < 1.29 is 18.4 Å². The molecule has 0 aliphatic rings. The van der Waals surface area contributed by atoms with Gasteiger partial charge in [-0.15, -0.1) is 0 Å². The van der Waals surface area contributed by atoms with Gasteiger partial charge in [-0.05, 0) is 13.0 Å². The third-order valence-corrected chi connectivity index (χ3v) is 2.10. The summed E-state index contributed by atoms with van der Waals surface area (Å²) in [5.41, 5.74) is 0. The lowest BCUT2D eigenvalue weighted by Gasteiger charge is -2.01. The molecule has 0 saturated carbocycles. The summed E-state index contributed by atoms with van der Waals surface area (Å²) in [6.07, 6.45) is 3.31. The van der Waals surface area contributed by atoms with Crippen molar-refractivity contribution in [2.45, 2.75) is 19.8 Å². The first-order chi connectivity index (χ1) is 7.06. The van der Waals surface area contributed by atoms with Crippen LogP contribution in [0.2, 0.25) is 0 Å². The van der Waals surface area contributed by atoms with E-state index in [1.807, 2.05) is 0 Å². The quantitative estimate of drug-likeness (QED) is 0.487. The second-order valence-corrected chi connectivity index (χ2v) is 3.89. The molecule has 0 aromatic heterocycles. The number of ketones is 1. The van der Waals surface area contributed by atoms with Gasteiger partial charge in [0.25, 0.3) is 0 Å². The number of amides is 1. The fraction of sp³-hybridized carbons (Fsp3) is 0.556. The summed E-state index contributed by atoms with van der Waals surface area (Å²) < 4.78 is 18.6. The van der Waals surface area contributed by atoms with E-state index in [1.165, 1.54) is 6.08 Å². The molecule has 0 radical (unpaired) electrons. The van der Waals surface area contributed by atoms with E-state index in [4.69, 9.17) is 4.55 Å². The average Bonchev–Trinajstić information content (AvgIpc) is 2.14. The van der Waals surface area contributed by atoms with Crippen molar-refractivity contribution in [1.82, 2.24) is 5.32 Å². The zero-order chi connectivity index (χ0) is 11.7. The highest BCUT2D eigenvalue weighted by atomic mass is 32.2. The van der Waals surface area contributed by atoms with Crippen molar-refractivity contribution in [1.29, 1.82) is 0 Å². The molecule has 0 spiro atoms. The zero-order valence-electron chi connectivity index (χ0n) is 8.56. The van der Waals surface area contributed by atoms with Gasteiger partial charge in [0, 0.05) is 19.4 Å². The number of hydrogen-bond donors (Lipinski definition) is 2. The van der Waals surface area contributed by atoms with Crippen LogP contribution in [0.25, 0.3) is 0 Å². The van der Waals surface area contributed by atoms with Crippen LogP contribution in [0.3, 0.4) is 0 Å². The van der Waals surface area contributed by atoms with Gasteiger partial charge >= 0.3 is 0 Å². The molecule has 0 aromatic carbocycles. The van der Waals surface area contributed by atoms with E-state index in [-0.39, 0.29) is 36.8 Å². The molecule has 0 fully saturated rings. The predicted octanol–water partition coefficient (Wildman–Crippen LogP) is 0.250. The molecule has 0 saturated heterocycles. The fourth-order valence-electron chi connectivity index (χ4n) is 0.872. The molecule has 0 heterocycles. The van der Waals surface area contributed by atoms with Crippen LogP contribution in [0, 0.1) is 0 Å². The van der Waals surface area contributed by atoms with Crippen LogP contribution in [0.15, 0.2) is 12.2 Å². The minimum absolute atomic E-state index is 0.00848. The fourth-order valence-corrected chi connectivity index (χ4v) is 1.15. The number of hydrogen-bond acceptors (Lipinski definition) is 3. The Morgan fingerprint density at radius 1 is 1.40 bits per heavy atom. The van der Waals surface area contributed by atoms with Gasteiger partial charge in [0.2, 0.25) is 5.91 Å². The average molecular weight is 233 g/mol. The summed E-state index contributed by atoms with van der Waals surface area (Å²) in [7, 11) is 0. The number of rotatable bonds is 7. The molecule has 0 aliphatic carbocycles. The van der Waals surface area contributed by atoms with E-state index in [2.05, 4.69) is 5.32 Å². The SMILES string of the molecule is C/C=C/C(=O)CCC(=O)NCCS(=O)O. The minimum atomic E-state index is -1.89. The highest BCUT2D eigenvalue weighted by Gasteiger charge is 2.04. The van der Waals surface area contributed by atoms with Crippen molar-refractivity contribution >= 4 is 22.8 Å². The van der Waals surface area contributed by atoms with Gasteiger partial charge < -0.3 is 9.87 Å². The molecule has 0 bridgehead atoms. The summed E-state index contributed by atoms with van der Waals surface area (Å²) in [4.78, 5) is 22.0. The maximum Gasteiger partial charge on any atom is 0.220 e. The summed E-state index contributed by atoms with van der Waals surface area (Å²) >= 11 is -1.89. The molecule has 0 rings (SSSR count). The van der Waals surface area contributed by atoms with Gasteiger partial charge in [-0.25, -0.2) is 4.21 Å². The molecule has 2 N–H and O–H groups in total. The monoisotopic (exact) mass is 233 g/mol. The van der Waals surface area contributed by atoms with Crippen LogP contribution in [0.5, 0.6) is 0 Å². The van der Waals surface area contributed by atoms with E-state index in [0.717, 1.165) is 0 Å². The third kappa shape index (κ3) is 9.30. The summed E-state index contributed by atoms with van der Waals surface area (Å²) in [5.74, 6) is -0.370. The molecule has 0 aromatic rings. The van der Waals surface area contributed by atoms with Crippen LogP contribution in [0.1, 0.15) is 19.8 Å². The topological polar surface area (TPSA) is 83.5 Å². The number of carbonyl (C=O) groups excluding carboxylic acids is 2. The Balaban J connectivity index is 3.57.